The third-order valence-electron chi connectivity index (χ3n) is 6.61. The number of nitrogens with zero attached hydrogens (tertiary/aromatic N) is 1. The topological polar surface area (TPSA) is 87.7 Å². The van der Waals surface area contributed by atoms with E-state index in [-0.39, 0.29) is 23.8 Å². The lowest BCUT2D eigenvalue weighted by atomic mass is 9.95. The number of benzene rings is 2. The Bertz CT molecular complexity index is 1120. The summed E-state index contributed by atoms with van der Waals surface area (Å²) in [6, 6.07) is 12.5. The first-order chi connectivity index (χ1) is 18.6. The fraction of sp³-hybridized carbons (Fsp3) is 0.531. The number of nitrogens with one attached hydrogen (secondary N) is 2. The SMILES string of the molecule is Cc1cccc(Cl)c1NC(=O)C(c1ccccc1)N(C(=O)C(NC(=O)OC(C)(C)C)C(C)C)C(C)CCC(C)C. The molecule has 3 atom stereocenters. The van der Waals surface area contributed by atoms with Gasteiger partial charge in [-0.05, 0) is 76.5 Å². The summed E-state index contributed by atoms with van der Waals surface area (Å²) < 4.78 is 5.47. The van der Waals surface area contributed by atoms with Gasteiger partial charge in [0.15, 0.2) is 0 Å². The third kappa shape index (κ3) is 9.54. The number of amides is 3. The molecule has 220 valence electrons. The van der Waals surface area contributed by atoms with Crippen molar-refractivity contribution in [2.75, 3.05) is 5.32 Å². The predicted molar refractivity (Wildman–Crippen MR) is 162 cm³/mol. The van der Waals surface area contributed by atoms with E-state index in [0.29, 0.717) is 28.6 Å². The summed E-state index contributed by atoms with van der Waals surface area (Å²) in [5.74, 6) is -0.580. The van der Waals surface area contributed by atoms with Gasteiger partial charge < -0.3 is 20.3 Å². The highest BCUT2D eigenvalue weighted by atomic mass is 35.5. The standard InChI is InChI=1S/C32H46ClN3O4/c1-20(2)18-19-23(6)36(30(38)26(21(3)4)35-31(39)40-32(7,8)9)28(24-15-11-10-12-16-24)29(37)34-27-22(5)14-13-17-25(27)33/h10-17,20-21,23,26,28H,18-19H2,1-9H3,(H,34,37)(H,35,39). The summed E-state index contributed by atoms with van der Waals surface area (Å²) in [6.45, 7) is 17.1. The van der Waals surface area contributed by atoms with Gasteiger partial charge in [0.2, 0.25) is 5.91 Å². The average molecular weight is 572 g/mol. The lowest BCUT2D eigenvalue weighted by Gasteiger charge is -2.39. The number of aryl methyl sites for hydroxylation is 1. The number of rotatable bonds is 11. The maximum Gasteiger partial charge on any atom is 0.408 e. The number of carbonyl (C=O) groups excluding carboxylic acids is 3. The molecule has 0 aliphatic rings. The molecule has 0 heterocycles. The van der Waals surface area contributed by atoms with Gasteiger partial charge in [-0.2, -0.15) is 0 Å². The van der Waals surface area contributed by atoms with Crippen LogP contribution in [0.5, 0.6) is 0 Å². The summed E-state index contributed by atoms with van der Waals surface area (Å²) in [4.78, 5) is 43.0. The van der Waals surface area contributed by atoms with Crippen LogP contribution in [0.25, 0.3) is 0 Å². The molecule has 2 rings (SSSR count). The van der Waals surface area contributed by atoms with Crippen LogP contribution in [-0.4, -0.2) is 40.5 Å². The van der Waals surface area contributed by atoms with Crippen molar-refractivity contribution in [3.05, 3.63) is 64.7 Å². The Kier molecular flexibility index (Phi) is 12.0. The molecule has 2 aromatic carbocycles. The van der Waals surface area contributed by atoms with Gasteiger partial charge in [-0.3, -0.25) is 9.59 Å². The van der Waals surface area contributed by atoms with Gasteiger partial charge in [-0.1, -0.05) is 81.8 Å². The van der Waals surface area contributed by atoms with Crippen LogP contribution in [0.4, 0.5) is 10.5 Å². The molecular weight excluding hydrogens is 526 g/mol. The lowest BCUT2D eigenvalue weighted by Crippen LogP contribution is -2.56. The van der Waals surface area contributed by atoms with Crippen LogP contribution in [0.2, 0.25) is 5.02 Å². The van der Waals surface area contributed by atoms with Crippen LogP contribution in [0, 0.1) is 18.8 Å². The van der Waals surface area contributed by atoms with Crippen molar-refractivity contribution >= 4 is 35.2 Å². The van der Waals surface area contributed by atoms with Gasteiger partial charge in [0.05, 0.1) is 10.7 Å². The van der Waals surface area contributed by atoms with Crippen LogP contribution in [0.3, 0.4) is 0 Å². The van der Waals surface area contributed by atoms with Crippen LogP contribution in [-0.2, 0) is 14.3 Å². The lowest BCUT2D eigenvalue weighted by molar-refractivity contribution is -0.144. The molecule has 0 fully saturated rings. The van der Waals surface area contributed by atoms with E-state index in [1.54, 1.807) is 31.7 Å². The van der Waals surface area contributed by atoms with Crippen LogP contribution < -0.4 is 10.6 Å². The van der Waals surface area contributed by atoms with Crippen molar-refractivity contribution in [1.82, 2.24) is 10.2 Å². The molecule has 2 aromatic rings. The van der Waals surface area contributed by atoms with Crippen molar-refractivity contribution in [2.45, 2.75) is 98.9 Å². The second-order valence-electron chi connectivity index (χ2n) is 12.2. The number of ether oxygens (including phenoxy) is 1. The summed E-state index contributed by atoms with van der Waals surface area (Å²) >= 11 is 6.46. The largest absolute Gasteiger partial charge is 0.444 e. The quantitative estimate of drug-likeness (QED) is 0.292. The molecule has 2 N–H and O–H groups in total. The van der Waals surface area contributed by atoms with Crippen LogP contribution in [0.1, 0.15) is 85.4 Å². The Morgan fingerprint density at radius 1 is 0.925 bits per heavy atom. The van der Waals surface area contributed by atoms with E-state index in [0.717, 1.165) is 12.0 Å². The Morgan fingerprint density at radius 2 is 1.55 bits per heavy atom. The normalized spacial score (nSPS) is 13.9. The van der Waals surface area contributed by atoms with Gasteiger partial charge in [-0.15, -0.1) is 0 Å². The molecule has 40 heavy (non-hydrogen) atoms. The van der Waals surface area contributed by atoms with Crippen molar-refractivity contribution in [3.8, 4) is 0 Å². The fourth-order valence-electron chi connectivity index (χ4n) is 4.48. The van der Waals surface area contributed by atoms with E-state index in [4.69, 9.17) is 16.3 Å². The van der Waals surface area contributed by atoms with Crippen molar-refractivity contribution < 1.29 is 19.1 Å². The third-order valence-corrected chi connectivity index (χ3v) is 6.92. The smallest absolute Gasteiger partial charge is 0.408 e. The number of halogens is 1. The van der Waals surface area contributed by atoms with E-state index in [2.05, 4.69) is 24.5 Å². The highest BCUT2D eigenvalue weighted by molar-refractivity contribution is 6.34. The first kappa shape index (κ1) is 33.1. The molecule has 0 aromatic heterocycles. The number of para-hydroxylation sites is 1. The minimum Gasteiger partial charge on any atom is -0.444 e. The predicted octanol–water partition coefficient (Wildman–Crippen LogP) is 7.53. The maximum atomic E-state index is 14.4. The molecule has 0 radical (unpaired) electrons. The number of hydrogen-bond acceptors (Lipinski definition) is 4. The van der Waals surface area contributed by atoms with Crippen LogP contribution in [0.15, 0.2) is 48.5 Å². The van der Waals surface area contributed by atoms with Crippen molar-refractivity contribution in [2.24, 2.45) is 11.8 Å². The molecule has 7 nitrogen and oxygen atoms in total. The van der Waals surface area contributed by atoms with Crippen molar-refractivity contribution in [1.29, 1.82) is 0 Å². The highest BCUT2D eigenvalue weighted by Crippen LogP contribution is 2.32. The molecule has 8 heteroatoms. The highest BCUT2D eigenvalue weighted by Gasteiger charge is 2.40. The summed E-state index contributed by atoms with van der Waals surface area (Å²) in [6.07, 6.45) is 0.869. The van der Waals surface area contributed by atoms with E-state index < -0.39 is 23.8 Å². The van der Waals surface area contributed by atoms with E-state index >= 15 is 0 Å². The minimum absolute atomic E-state index is 0.259. The number of carbonyl (C=O) groups is 3. The van der Waals surface area contributed by atoms with Gasteiger partial charge >= 0.3 is 6.09 Å². The zero-order valence-corrected chi connectivity index (χ0v) is 26.1. The second kappa shape index (κ2) is 14.5. The molecule has 3 unspecified atom stereocenters. The number of alkyl carbamates (subject to hydrolysis) is 1. The molecule has 0 bridgehead atoms. The van der Waals surface area contributed by atoms with E-state index in [1.807, 2.05) is 70.2 Å². The van der Waals surface area contributed by atoms with E-state index in [9.17, 15) is 14.4 Å². The fourth-order valence-corrected chi connectivity index (χ4v) is 4.75. The monoisotopic (exact) mass is 571 g/mol. The zero-order chi connectivity index (χ0) is 30.2. The van der Waals surface area contributed by atoms with Gasteiger partial charge in [0, 0.05) is 6.04 Å². The summed E-state index contributed by atoms with van der Waals surface area (Å²) in [7, 11) is 0. The first-order valence-electron chi connectivity index (χ1n) is 14.0. The Labute approximate surface area is 245 Å². The van der Waals surface area contributed by atoms with Crippen LogP contribution >= 0.6 is 11.6 Å². The molecule has 0 aliphatic carbocycles. The zero-order valence-electron chi connectivity index (χ0n) is 25.4. The molecule has 0 saturated heterocycles. The summed E-state index contributed by atoms with van der Waals surface area (Å²) in [5.41, 5.74) is 1.25. The summed E-state index contributed by atoms with van der Waals surface area (Å²) in [5, 5.41) is 6.19. The molecular formula is C32H46ClN3O4. The van der Waals surface area contributed by atoms with E-state index in [1.165, 1.54) is 0 Å². The number of anilines is 1. The number of hydrogen-bond donors (Lipinski definition) is 2. The maximum absolute atomic E-state index is 14.4. The van der Waals surface area contributed by atoms with Gasteiger partial charge in [0.25, 0.3) is 5.91 Å². The minimum atomic E-state index is -0.965. The Hall–Kier alpha value is -3.06. The van der Waals surface area contributed by atoms with Gasteiger partial charge in [0.1, 0.15) is 17.7 Å². The molecule has 0 aliphatic heterocycles. The van der Waals surface area contributed by atoms with Gasteiger partial charge in [-0.25, -0.2) is 4.79 Å². The Balaban J connectivity index is 2.61. The molecule has 0 spiro atoms. The molecule has 3 amide bonds. The first-order valence-corrected chi connectivity index (χ1v) is 14.4. The Morgan fingerprint density at radius 3 is 2.08 bits per heavy atom. The second-order valence-corrected chi connectivity index (χ2v) is 12.6. The average Bonchev–Trinajstić information content (AvgIpc) is 2.85. The molecule has 0 saturated carbocycles. The van der Waals surface area contributed by atoms with Crippen molar-refractivity contribution in [3.63, 3.8) is 0 Å².